The third-order valence-corrected chi connectivity index (χ3v) is 2.93. The Hall–Kier alpha value is -1.73. The molecule has 8 nitrogen and oxygen atoms in total. The number of hydrogen-bond donors (Lipinski definition) is 3. The largest absolute Gasteiger partial charge is 0.508 e. The van der Waals surface area contributed by atoms with E-state index >= 15 is 0 Å². The summed E-state index contributed by atoms with van der Waals surface area (Å²) in [5.74, 6) is 0.155. The second-order valence-electron chi connectivity index (χ2n) is 4.62. The number of rotatable bonds is 11. The number of aromatic hydroxyl groups is 1. The maximum Gasteiger partial charge on any atom is 0.407 e. The van der Waals surface area contributed by atoms with Crippen molar-refractivity contribution in [2.75, 3.05) is 26.4 Å². The SMILES string of the molecule is O=POCC(O)COCCCNC(=O)OCc1ccc(O)cc1. The van der Waals surface area contributed by atoms with Gasteiger partial charge in [0.2, 0.25) is 0 Å². The van der Waals surface area contributed by atoms with Gasteiger partial charge in [0.1, 0.15) is 18.5 Å². The lowest BCUT2D eigenvalue weighted by atomic mass is 10.2. The minimum atomic E-state index is -0.834. The van der Waals surface area contributed by atoms with E-state index in [9.17, 15) is 14.5 Å². The Morgan fingerprint density at radius 3 is 2.70 bits per heavy atom. The summed E-state index contributed by atoms with van der Waals surface area (Å²) < 4.78 is 24.6. The molecule has 0 aliphatic carbocycles. The molecule has 1 aromatic carbocycles. The molecule has 9 heteroatoms. The van der Waals surface area contributed by atoms with E-state index in [-0.39, 0.29) is 25.6 Å². The van der Waals surface area contributed by atoms with Crippen LogP contribution in [-0.4, -0.2) is 48.8 Å². The highest BCUT2D eigenvalue weighted by Crippen LogP contribution is 2.10. The number of amides is 1. The molecular weight excluding hydrogens is 325 g/mol. The predicted octanol–water partition coefficient (Wildman–Crippen LogP) is 1.61. The summed E-state index contributed by atoms with van der Waals surface area (Å²) in [6.07, 6.45) is -0.817. The zero-order chi connectivity index (χ0) is 16.9. The van der Waals surface area contributed by atoms with Crippen LogP contribution in [0, 0.1) is 0 Å². The van der Waals surface area contributed by atoms with Crippen molar-refractivity contribution < 1.29 is 33.6 Å². The first kappa shape index (κ1) is 19.3. The van der Waals surface area contributed by atoms with Crippen molar-refractivity contribution >= 4 is 14.8 Å². The fraction of sp³-hybridized carbons (Fsp3) is 0.500. The topological polar surface area (TPSA) is 114 Å². The van der Waals surface area contributed by atoms with Gasteiger partial charge in [-0.25, -0.2) is 9.36 Å². The number of aliphatic hydroxyl groups is 1. The third kappa shape index (κ3) is 9.80. The number of carbonyl (C=O) groups is 1. The number of carbonyl (C=O) groups excluding carboxylic acids is 1. The predicted molar refractivity (Wildman–Crippen MR) is 81.3 cm³/mol. The van der Waals surface area contributed by atoms with E-state index in [2.05, 4.69) is 9.84 Å². The van der Waals surface area contributed by atoms with Crippen LogP contribution in [-0.2, 0) is 25.2 Å². The van der Waals surface area contributed by atoms with E-state index in [4.69, 9.17) is 14.6 Å². The summed E-state index contributed by atoms with van der Waals surface area (Å²) in [5, 5.41) is 21.0. The number of phenolic OH excluding ortho intramolecular Hbond substituents is 1. The molecule has 0 spiro atoms. The summed E-state index contributed by atoms with van der Waals surface area (Å²) in [4.78, 5) is 11.4. The van der Waals surface area contributed by atoms with Gasteiger partial charge in [-0.3, -0.25) is 4.52 Å². The zero-order valence-corrected chi connectivity index (χ0v) is 13.4. The maximum absolute atomic E-state index is 11.4. The Kier molecular flexibility index (Phi) is 9.90. The molecule has 23 heavy (non-hydrogen) atoms. The van der Waals surface area contributed by atoms with Gasteiger partial charge in [-0.05, 0) is 24.1 Å². The van der Waals surface area contributed by atoms with Gasteiger partial charge in [-0.2, -0.15) is 0 Å². The molecule has 128 valence electrons. The van der Waals surface area contributed by atoms with E-state index in [0.29, 0.717) is 19.6 Å². The molecule has 0 saturated heterocycles. The van der Waals surface area contributed by atoms with Gasteiger partial charge in [-0.15, -0.1) is 0 Å². The Morgan fingerprint density at radius 2 is 2.00 bits per heavy atom. The normalized spacial score (nSPS) is 12.0. The van der Waals surface area contributed by atoms with Crippen molar-refractivity contribution in [1.82, 2.24) is 5.32 Å². The van der Waals surface area contributed by atoms with E-state index in [1.54, 1.807) is 12.1 Å². The number of ether oxygens (including phenoxy) is 2. The first-order valence-electron chi connectivity index (χ1n) is 7.00. The molecule has 0 radical (unpaired) electrons. The lowest BCUT2D eigenvalue weighted by Crippen LogP contribution is -2.26. The molecule has 0 saturated carbocycles. The molecular formula is C14H20NO7P. The lowest BCUT2D eigenvalue weighted by molar-refractivity contribution is 0.0139. The molecule has 0 fully saturated rings. The van der Waals surface area contributed by atoms with Gasteiger partial charge in [0.05, 0.1) is 13.2 Å². The fourth-order valence-electron chi connectivity index (χ4n) is 1.54. The Balaban J connectivity index is 1.99. The van der Waals surface area contributed by atoms with Crippen LogP contribution in [0.5, 0.6) is 5.75 Å². The summed E-state index contributed by atoms with van der Waals surface area (Å²) in [5.41, 5.74) is 0.773. The minimum absolute atomic E-state index is 0.0626. The number of nitrogens with one attached hydrogen (secondary N) is 1. The number of benzene rings is 1. The van der Waals surface area contributed by atoms with Crippen molar-refractivity contribution in [2.24, 2.45) is 0 Å². The Morgan fingerprint density at radius 1 is 1.26 bits per heavy atom. The monoisotopic (exact) mass is 345 g/mol. The van der Waals surface area contributed by atoms with Crippen molar-refractivity contribution in [3.8, 4) is 5.75 Å². The molecule has 1 atom stereocenters. The van der Waals surface area contributed by atoms with Gasteiger partial charge >= 0.3 is 14.8 Å². The van der Waals surface area contributed by atoms with Crippen LogP contribution >= 0.6 is 8.69 Å². The number of aliphatic hydroxyl groups excluding tert-OH is 1. The van der Waals surface area contributed by atoms with Crippen LogP contribution in [0.1, 0.15) is 12.0 Å². The second-order valence-corrected chi connectivity index (χ2v) is 5.03. The molecule has 0 aliphatic heterocycles. The number of hydrogen-bond acceptors (Lipinski definition) is 7. The number of alkyl carbamates (subject to hydrolysis) is 1. The molecule has 1 aromatic rings. The van der Waals surface area contributed by atoms with Gasteiger partial charge in [0.25, 0.3) is 0 Å². The van der Waals surface area contributed by atoms with Gasteiger partial charge < -0.3 is 25.0 Å². The van der Waals surface area contributed by atoms with Crippen molar-refractivity contribution in [3.63, 3.8) is 0 Å². The average molecular weight is 345 g/mol. The molecule has 1 rings (SSSR count). The minimum Gasteiger partial charge on any atom is -0.508 e. The third-order valence-electron chi connectivity index (χ3n) is 2.67. The highest BCUT2D eigenvalue weighted by atomic mass is 31.1. The highest BCUT2D eigenvalue weighted by molar-refractivity contribution is 7.17. The van der Waals surface area contributed by atoms with Gasteiger partial charge in [0.15, 0.2) is 0 Å². The van der Waals surface area contributed by atoms with E-state index in [1.807, 2.05) is 0 Å². The summed E-state index contributed by atoms with van der Waals surface area (Å²) in [7, 11) is -0.477. The fourth-order valence-corrected chi connectivity index (χ4v) is 1.77. The Bertz CT molecular complexity index is 469. The Labute approximate surface area is 135 Å². The van der Waals surface area contributed by atoms with Crippen molar-refractivity contribution in [3.05, 3.63) is 29.8 Å². The van der Waals surface area contributed by atoms with Crippen LogP contribution in [0.2, 0.25) is 0 Å². The first-order chi connectivity index (χ1) is 11.1. The van der Waals surface area contributed by atoms with E-state index < -0.39 is 20.9 Å². The quantitative estimate of drug-likeness (QED) is 0.412. The molecule has 0 bridgehead atoms. The molecule has 0 heterocycles. The van der Waals surface area contributed by atoms with E-state index in [0.717, 1.165) is 5.56 Å². The maximum atomic E-state index is 11.4. The van der Waals surface area contributed by atoms with Gasteiger partial charge in [0, 0.05) is 13.2 Å². The summed E-state index contributed by atoms with van der Waals surface area (Å²) in [6.45, 7) is 0.853. The first-order valence-corrected chi connectivity index (χ1v) is 7.74. The van der Waals surface area contributed by atoms with Crippen LogP contribution < -0.4 is 5.32 Å². The van der Waals surface area contributed by atoms with Crippen molar-refractivity contribution in [1.29, 1.82) is 0 Å². The molecule has 1 unspecified atom stereocenters. The molecule has 0 aliphatic rings. The molecule has 0 aromatic heterocycles. The molecule has 1 amide bonds. The number of phenols is 1. The highest BCUT2D eigenvalue weighted by Gasteiger charge is 2.05. The smallest absolute Gasteiger partial charge is 0.407 e. The van der Waals surface area contributed by atoms with Crippen molar-refractivity contribution in [2.45, 2.75) is 19.1 Å². The molecule has 3 N–H and O–H groups in total. The summed E-state index contributed by atoms with van der Waals surface area (Å²) in [6, 6.07) is 6.36. The standard InChI is InChI=1S/C14H20NO7P/c16-12-4-2-11(3-5-12)8-21-14(18)15-6-1-7-20-9-13(17)10-22-23-19/h2-5,13,16-17H,1,6-10H2,(H,15,18). The summed E-state index contributed by atoms with van der Waals surface area (Å²) >= 11 is 0. The van der Waals surface area contributed by atoms with Gasteiger partial charge in [-0.1, -0.05) is 12.1 Å². The van der Waals surface area contributed by atoms with Crippen LogP contribution in [0.25, 0.3) is 0 Å². The van der Waals surface area contributed by atoms with Crippen LogP contribution in [0.4, 0.5) is 4.79 Å². The zero-order valence-electron chi connectivity index (χ0n) is 12.5. The van der Waals surface area contributed by atoms with Crippen LogP contribution in [0.3, 0.4) is 0 Å². The second kappa shape index (κ2) is 11.8. The average Bonchev–Trinajstić information content (AvgIpc) is 2.55. The van der Waals surface area contributed by atoms with Crippen LogP contribution in [0.15, 0.2) is 24.3 Å². The lowest BCUT2D eigenvalue weighted by Gasteiger charge is -2.10. The van der Waals surface area contributed by atoms with E-state index in [1.165, 1.54) is 12.1 Å².